The summed E-state index contributed by atoms with van der Waals surface area (Å²) < 4.78 is 16.5. The normalized spacial score (nSPS) is 20.6. The van der Waals surface area contributed by atoms with Crippen LogP contribution in [0.3, 0.4) is 0 Å². The average molecular weight is 543 g/mol. The van der Waals surface area contributed by atoms with Gasteiger partial charge in [0.1, 0.15) is 5.25 Å². The van der Waals surface area contributed by atoms with E-state index < -0.39 is 23.1 Å². The smallest absolute Gasteiger partial charge is 0.338 e. The quantitative estimate of drug-likeness (QED) is 0.270. The Bertz CT molecular complexity index is 1410. The van der Waals surface area contributed by atoms with Gasteiger partial charge in [-0.2, -0.15) is 0 Å². The zero-order valence-electron chi connectivity index (χ0n) is 19.6. The average Bonchev–Trinajstić information content (AvgIpc) is 3.38. The maximum absolute atomic E-state index is 13.9. The second kappa shape index (κ2) is 9.72. The van der Waals surface area contributed by atoms with Crippen molar-refractivity contribution in [1.82, 2.24) is 4.98 Å². The predicted molar refractivity (Wildman–Crippen MR) is 139 cm³/mol. The summed E-state index contributed by atoms with van der Waals surface area (Å²) in [5.74, 6) is -0.994. The first-order valence-electron chi connectivity index (χ1n) is 11.1. The van der Waals surface area contributed by atoms with Gasteiger partial charge in [0, 0.05) is 10.8 Å². The van der Waals surface area contributed by atoms with Crippen LogP contribution in [-0.4, -0.2) is 48.8 Å². The predicted octanol–water partition coefficient (Wildman–Crippen LogP) is 4.80. The molecule has 0 bridgehead atoms. The number of thiazole rings is 1. The number of rotatable bonds is 6. The molecule has 186 valence electrons. The highest BCUT2D eigenvalue weighted by Gasteiger charge is 2.56. The fourth-order valence-corrected chi connectivity index (χ4v) is 7.60. The van der Waals surface area contributed by atoms with Crippen molar-refractivity contribution in [3.8, 4) is 11.5 Å². The number of aromatic amines is 1. The molecule has 8 nitrogen and oxygen atoms in total. The first-order chi connectivity index (χ1) is 17.4. The molecule has 1 saturated heterocycles. The van der Waals surface area contributed by atoms with Crippen LogP contribution < -0.4 is 14.4 Å². The maximum Gasteiger partial charge on any atom is 0.338 e. The van der Waals surface area contributed by atoms with Crippen LogP contribution >= 0.6 is 35.3 Å². The molecule has 3 heterocycles. The van der Waals surface area contributed by atoms with Gasteiger partial charge in [0.15, 0.2) is 15.5 Å². The second-order valence-corrected chi connectivity index (χ2v) is 11.0. The van der Waals surface area contributed by atoms with Crippen molar-refractivity contribution in [2.75, 3.05) is 25.7 Å². The maximum atomic E-state index is 13.9. The molecule has 2 amide bonds. The fourth-order valence-electron chi connectivity index (χ4n) is 4.64. The molecule has 11 heteroatoms. The van der Waals surface area contributed by atoms with E-state index in [1.165, 1.54) is 28.0 Å². The van der Waals surface area contributed by atoms with E-state index in [-0.39, 0.29) is 18.4 Å². The fraction of sp³-hybridized carbons (Fsp3) is 0.280. The van der Waals surface area contributed by atoms with Gasteiger partial charge in [-0.1, -0.05) is 17.8 Å². The number of nitrogens with one attached hydrogen (secondary N) is 1. The molecule has 2 aliphatic rings. The molecule has 0 spiro atoms. The number of anilines is 1. The molecule has 1 aromatic heterocycles. The molecule has 3 unspecified atom stereocenters. The number of H-pyrrole nitrogens is 1. The number of methoxy groups -OCH3 is 2. The number of nitrogens with zero attached hydrogens (tertiary/aromatic N) is 1. The third-order valence-electron chi connectivity index (χ3n) is 6.23. The summed E-state index contributed by atoms with van der Waals surface area (Å²) in [7, 11) is 3.11. The van der Waals surface area contributed by atoms with E-state index in [0.29, 0.717) is 26.7 Å². The number of benzene rings is 2. The Morgan fingerprint density at radius 3 is 2.44 bits per heavy atom. The minimum Gasteiger partial charge on any atom is -0.493 e. The summed E-state index contributed by atoms with van der Waals surface area (Å²) in [5.41, 5.74) is 1.59. The Labute approximate surface area is 220 Å². The zero-order chi connectivity index (χ0) is 25.6. The number of carbonyl (C=O) groups excluding carboxylic acids is 3. The van der Waals surface area contributed by atoms with Crippen molar-refractivity contribution < 1.29 is 28.6 Å². The van der Waals surface area contributed by atoms with Gasteiger partial charge >= 0.3 is 5.97 Å². The van der Waals surface area contributed by atoms with Crippen molar-refractivity contribution in [1.29, 1.82) is 0 Å². The Morgan fingerprint density at radius 2 is 1.78 bits per heavy atom. The molecule has 3 aromatic rings. The highest BCUT2D eigenvalue weighted by atomic mass is 32.2. The number of aromatic nitrogens is 1. The van der Waals surface area contributed by atoms with Crippen LogP contribution in [0.25, 0.3) is 0 Å². The van der Waals surface area contributed by atoms with Gasteiger partial charge in [-0.25, -0.2) is 9.69 Å². The number of thioether (sulfide) groups is 1. The van der Waals surface area contributed by atoms with Crippen LogP contribution in [0.1, 0.15) is 33.6 Å². The van der Waals surface area contributed by atoms with E-state index in [9.17, 15) is 14.4 Å². The Balaban J connectivity index is 1.56. The van der Waals surface area contributed by atoms with Crippen molar-refractivity contribution in [3.63, 3.8) is 0 Å². The SMILES string of the molecule is CCOC(=O)c1ccc(N2C(=O)C3Sc4[nH]c(=S)sc4C(c4ccc(OC)c(OC)c4)C3C2=O)cc1. The van der Waals surface area contributed by atoms with Crippen molar-refractivity contribution in [2.45, 2.75) is 23.1 Å². The van der Waals surface area contributed by atoms with E-state index in [0.717, 1.165) is 15.5 Å². The number of fused-ring (bicyclic) bond motifs is 2. The molecule has 0 saturated carbocycles. The van der Waals surface area contributed by atoms with Gasteiger partial charge < -0.3 is 19.2 Å². The van der Waals surface area contributed by atoms with Gasteiger partial charge in [-0.15, -0.1) is 11.3 Å². The molecule has 36 heavy (non-hydrogen) atoms. The summed E-state index contributed by atoms with van der Waals surface area (Å²) in [4.78, 5) is 44.8. The summed E-state index contributed by atoms with van der Waals surface area (Å²) >= 11 is 8.14. The molecule has 1 fully saturated rings. The monoisotopic (exact) mass is 542 g/mol. The molecule has 0 aliphatic carbocycles. The minimum atomic E-state index is -0.640. The van der Waals surface area contributed by atoms with Gasteiger partial charge in [0.05, 0.1) is 43.0 Å². The van der Waals surface area contributed by atoms with Crippen LogP contribution in [0, 0.1) is 9.87 Å². The number of hydrogen-bond donors (Lipinski definition) is 1. The lowest BCUT2D eigenvalue weighted by atomic mass is 9.83. The van der Waals surface area contributed by atoms with E-state index in [1.54, 1.807) is 51.5 Å². The topological polar surface area (TPSA) is 97.9 Å². The molecule has 2 aliphatic heterocycles. The van der Waals surface area contributed by atoms with Crippen LogP contribution in [0.15, 0.2) is 47.5 Å². The van der Waals surface area contributed by atoms with Gasteiger partial charge in [0.2, 0.25) is 11.8 Å². The van der Waals surface area contributed by atoms with Crippen LogP contribution in [0.5, 0.6) is 11.5 Å². The van der Waals surface area contributed by atoms with Gasteiger partial charge in [-0.3, -0.25) is 9.59 Å². The lowest BCUT2D eigenvalue weighted by molar-refractivity contribution is -0.122. The number of hydrogen-bond acceptors (Lipinski definition) is 9. The lowest BCUT2D eigenvalue weighted by Crippen LogP contribution is -2.32. The highest BCUT2D eigenvalue weighted by molar-refractivity contribution is 8.01. The Hall–Kier alpha value is -3.15. The summed E-state index contributed by atoms with van der Waals surface area (Å²) in [5, 5.41) is 0.166. The van der Waals surface area contributed by atoms with Crippen LogP contribution in [0.4, 0.5) is 5.69 Å². The lowest BCUT2D eigenvalue weighted by Gasteiger charge is -2.30. The number of ether oxygens (including phenoxy) is 3. The number of carbonyl (C=O) groups is 3. The first kappa shape index (κ1) is 24.5. The van der Waals surface area contributed by atoms with Crippen LogP contribution in [-0.2, 0) is 14.3 Å². The highest BCUT2D eigenvalue weighted by Crippen LogP contribution is 2.54. The molecule has 3 atom stereocenters. The van der Waals surface area contributed by atoms with Crippen molar-refractivity contribution in [2.24, 2.45) is 5.92 Å². The van der Waals surface area contributed by atoms with E-state index >= 15 is 0 Å². The second-order valence-electron chi connectivity index (χ2n) is 8.14. The summed E-state index contributed by atoms with van der Waals surface area (Å²) in [6, 6.07) is 11.8. The molecule has 1 N–H and O–H groups in total. The van der Waals surface area contributed by atoms with Crippen LogP contribution in [0.2, 0.25) is 0 Å². The molecule has 0 radical (unpaired) electrons. The molecule has 5 rings (SSSR count). The third kappa shape index (κ3) is 4.00. The number of amides is 2. The Kier molecular flexibility index (Phi) is 6.62. The Morgan fingerprint density at radius 1 is 1.06 bits per heavy atom. The van der Waals surface area contributed by atoms with E-state index in [2.05, 4.69) is 4.98 Å². The number of imide groups is 1. The number of esters is 1. The minimum absolute atomic E-state index is 0.259. The van der Waals surface area contributed by atoms with Gasteiger partial charge in [0.25, 0.3) is 0 Å². The zero-order valence-corrected chi connectivity index (χ0v) is 22.1. The largest absolute Gasteiger partial charge is 0.493 e. The summed E-state index contributed by atoms with van der Waals surface area (Å²) in [6.07, 6.45) is 0. The summed E-state index contributed by atoms with van der Waals surface area (Å²) in [6.45, 7) is 1.99. The molecule has 2 aromatic carbocycles. The van der Waals surface area contributed by atoms with Crippen molar-refractivity contribution >= 4 is 58.8 Å². The molecular weight excluding hydrogens is 520 g/mol. The van der Waals surface area contributed by atoms with Crippen molar-refractivity contribution in [3.05, 3.63) is 62.4 Å². The van der Waals surface area contributed by atoms with Gasteiger partial charge in [-0.05, 0) is 61.1 Å². The first-order valence-corrected chi connectivity index (χ1v) is 13.2. The molecular formula is C25H22N2O6S3. The third-order valence-corrected chi connectivity index (χ3v) is 8.98. The van der Waals surface area contributed by atoms with E-state index in [4.69, 9.17) is 26.4 Å². The van der Waals surface area contributed by atoms with E-state index in [1.807, 2.05) is 12.1 Å². The standard InChI is InChI=1S/C25H22N2O6S3/c1-4-33-24(30)12-5-8-14(9-6-12)27-22(28)18-17(13-7-10-15(31-2)16(11-13)32-3)19-21(26-25(34)36-19)35-20(18)23(27)29/h5-11,17-18,20H,4H2,1-3H3,(H,26,34).